The molecule has 1 aliphatic heterocycles. The van der Waals surface area contributed by atoms with Crippen molar-refractivity contribution in [3.63, 3.8) is 0 Å². The van der Waals surface area contributed by atoms with Gasteiger partial charge in [-0.05, 0) is 62.2 Å². The van der Waals surface area contributed by atoms with E-state index in [-0.39, 0.29) is 5.91 Å². The standard InChI is InChI=1S/C26H29ClN4O2/c1-18-24(17-20-5-9-22(27)10-6-20)25(29-19(2)28-18)30-13-4-14-31(16-15-30)26(32)21-7-11-23(33-3)12-8-21/h5-12H,4,13-17H2,1-3H3. The van der Waals surface area contributed by atoms with Gasteiger partial charge >= 0.3 is 0 Å². The summed E-state index contributed by atoms with van der Waals surface area (Å²) in [7, 11) is 1.62. The molecule has 1 aromatic heterocycles. The van der Waals surface area contributed by atoms with E-state index in [1.54, 1.807) is 7.11 Å². The zero-order chi connectivity index (χ0) is 23.4. The highest BCUT2D eigenvalue weighted by molar-refractivity contribution is 6.30. The Morgan fingerprint density at radius 3 is 2.39 bits per heavy atom. The lowest BCUT2D eigenvalue weighted by atomic mass is 10.0. The van der Waals surface area contributed by atoms with Gasteiger partial charge in [-0.3, -0.25) is 4.79 Å². The second-order valence-corrected chi connectivity index (χ2v) is 8.76. The second kappa shape index (κ2) is 10.2. The molecule has 7 heteroatoms. The van der Waals surface area contributed by atoms with Crippen LogP contribution < -0.4 is 9.64 Å². The van der Waals surface area contributed by atoms with Crippen LogP contribution >= 0.6 is 11.6 Å². The van der Waals surface area contributed by atoms with Crippen molar-refractivity contribution in [3.8, 4) is 5.75 Å². The molecule has 4 rings (SSSR count). The number of nitrogens with zero attached hydrogens (tertiary/aromatic N) is 4. The first-order chi connectivity index (χ1) is 15.9. The summed E-state index contributed by atoms with van der Waals surface area (Å²) < 4.78 is 5.21. The van der Waals surface area contributed by atoms with Crippen LogP contribution in [0.25, 0.3) is 0 Å². The smallest absolute Gasteiger partial charge is 0.253 e. The molecular formula is C26H29ClN4O2. The van der Waals surface area contributed by atoms with Gasteiger partial charge in [0.05, 0.1) is 7.11 Å². The normalized spacial score (nSPS) is 14.2. The highest BCUT2D eigenvalue weighted by Crippen LogP contribution is 2.26. The minimum Gasteiger partial charge on any atom is -0.497 e. The van der Waals surface area contributed by atoms with Crippen LogP contribution in [0.1, 0.15) is 39.4 Å². The molecule has 1 amide bonds. The van der Waals surface area contributed by atoms with Crippen molar-refractivity contribution in [2.75, 3.05) is 38.2 Å². The molecule has 33 heavy (non-hydrogen) atoms. The van der Waals surface area contributed by atoms with Gasteiger partial charge in [0, 0.05) is 54.4 Å². The summed E-state index contributed by atoms with van der Waals surface area (Å²) in [5.41, 5.74) is 3.96. The number of aromatic nitrogens is 2. The zero-order valence-corrected chi connectivity index (χ0v) is 20.1. The fourth-order valence-electron chi connectivity index (χ4n) is 4.24. The van der Waals surface area contributed by atoms with E-state index < -0.39 is 0 Å². The molecule has 2 heterocycles. The Morgan fingerprint density at radius 2 is 1.70 bits per heavy atom. The Balaban J connectivity index is 1.53. The summed E-state index contributed by atoms with van der Waals surface area (Å²) in [4.78, 5) is 26.8. The Morgan fingerprint density at radius 1 is 0.970 bits per heavy atom. The van der Waals surface area contributed by atoms with Crippen molar-refractivity contribution in [1.82, 2.24) is 14.9 Å². The van der Waals surface area contributed by atoms with E-state index in [0.717, 1.165) is 66.1 Å². The number of ether oxygens (including phenoxy) is 1. The Kier molecular flexibility index (Phi) is 7.14. The van der Waals surface area contributed by atoms with E-state index in [4.69, 9.17) is 21.3 Å². The van der Waals surface area contributed by atoms with Crippen molar-refractivity contribution in [2.24, 2.45) is 0 Å². The first-order valence-corrected chi connectivity index (χ1v) is 11.6. The van der Waals surface area contributed by atoms with E-state index in [1.165, 1.54) is 5.56 Å². The first-order valence-electron chi connectivity index (χ1n) is 11.2. The molecule has 0 radical (unpaired) electrons. The summed E-state index contributed by atoms with van der Waals surface area (Å²) in [6.07, 6.45) is 1.62. The third-order valence-corrected chi connectivity index (χ3v) is 6.27. The molecule has 0 unspecified atom stereocenters. The van der Waals surface area contributed by atoms with Crippen molar-refractivity contribution in [3.05, 3.63) is 81.8 Å². The summed E-state index contributed by atoms with van der Waals surface area (Å²) in [5.74, 6) is 2.53. The van der Waals surface area contributed by atoms with E-state index in [2.05, 4.69) is 9.88 Å². The molecule has 1 saturated heterocycles. The number of rotatable bonds is 5. The van der Waals surface area contributed by atoms with Crippen molar-refractivity contribution in [2.45, 2.75) is 26.7 Å². The number of halogens is 1. The molecule has 1 fully saturated rings. The van der Waals surface area contributed by atoms with Gasteiger partial charge in [-0.25, -0.2) is 9.97 Å². The van der Waals surface area contributed by atoms with Gasteiger partial charge in [0.2, 0.25) is 0 Å². The molecule has 0 saturated carbocycles. The number of aryl methyl sites for hydroxylation is 2. The van der Waals surface area contributed by atoms with Gasteiger partial charge in [-0.2, -0.15) is 0 Å². The lowest BCUT2D eigenvalue weighted by Gasteiger charge is -2.26. The van der Waals surface area contributed by atoms with Gasteiger partial charge in [-0.1, -0.05) is 23.7 Å². The molecule has 172 valence electrons. The highest BCUT2D eigenvalue weighted by Gasteiger charge is 2.23. The number of anilines is 1. The highest BCUT2D eigenvalue weighted by atomic mass is 35.5. The van der Waals surface area contributed by atoms with Crippen molar-refractivity contribution < 1.29 is 9.53 Å². The molecule has 0 bridgehead atoms. The molecule has 0 N–H and O–H groups in total. The number of hydrogen-bond acceptors (Lipinski definition) is 5. The van der Waals surface area contributed by atoms with Crippen LogP contribution in [-0.2, 0) is 6.42 Å². The van der Waals surface area contributed by atoms with Crippen LogP contribution in [0.5, 0.6) is 5.75 Å². The Labute approximate surface area is 200 Å². The maximum absolute atomic E-state index is 13.1. The number of benzene rings is 2. The molecule has 6 nitrogen and oxygen atoms in total. The molecule has 0 atom stereocenters. The molecule has 0 spiro atoms. The van der Waals surface area contributed by atoms with E-state index >= 15 is 0 Å². The van der Waals surface area contributed by atoms with Crippen LogP contribution in [-0.4, -0.2) is 54.1 Å². The maximum atomic E-state index is 13.1. The van der Waals surface area contributed by atoms with Gasteiger partial charge < -0.3 is 14.5 Å². The molecule has 2 aromatic carbocycles. The van der Waals surface area contributed by atoms with Gasteiger partial charge in [0.1, 0.15) is 17.4 Å². The topological polar surface area (TPSA) is 58.6 Å². The summed E-state index contributed by atoms with van der Waals surface area (Å²) >= 11 is 6.07. The largest absolute Gasteiger partial charge is 0.497 e. The Bertz CT molecular complexity index is 1120. The lowest BCUT2D eigenvalue weighted by molar-refractivity contribution is 0.0767. The van der Waals surface area contributed by atoms with Crippen LogP contribution in [0.3, 0.4) is 0 Å². The maximum Gasteiger partial charge on any atom is 0.253 e. The average molecular weight is 465 g/mol. The minimum atomic E-state index is 0.0518. The van der Waals surface area contributed by atoms with Crippen LogP contribution in [0, 0.1) is 13.8 Å². The zero-order valence-electron chi connectivity index (χ0n) is 19.3. The Hall–Kier alpha value is -3.12. The minimum absolute atomic E-state index is 0.0518. The molecule has 3 aromatic rings. The summed E-state index contributed by atoms with van der Waals surface area (Å²) in [6.45, 7) is 6.91. The average Bonchev–Trinajstić information content (AvgIpc) is 3.08. The SMILES string of the molecule is COc1ccc(C(=O)N2CCCN(c3nc(C)nc(C)c3Cc3ccc(Cl)cc3)CC2)cc1. The predicted octanol–water partition coefficient (Wildman–Crippen LogP) is 4.70. The first kappa shape index (κ1) is 23.1. The summed E-state index contributed by atoms with van der Waals surface area (Å²) in [6, 6.07) is 15.2. The van der Waals surface area contributed by atoms with Gasteiger partial charge in [-0.15, -0.1) is 0 Å². The molecular weight excluding hydrogens is 436 g/mol. The fourth-order valence-corrected chi connectivity index (χ4v) is 4.37. The molecule has 0 aliphatic carbocycles. The monoisotopic (exact) mass is 464 g/mol. The lowest BCUT2D eigenvalue weighted by Crippen LogP contribution is -2.35. The second-order valence-electron chi connectivity index (χ2n) is 8.32. The predicted molar refractivity (Wildman–Crippen MR) is 131 cm³/mol. The van der Waals surface area contributed by atoms with Crippen LogP contribution in [0.2, 0.25) is 5.02 Å². The van der Waals surface area contributed by atoms with Crippen molar-refractivity contribution >= 4 is 23.3 Å². The quantitative estimate of drug-likeness (QED) is 0.547. The summed E-state index contributed by atoms with van der Waals surface area (Å²) in [5, 5.41) is 0.727. The number of hydrogen-bond donors (Lipinski definition) is 0. The molecule has 1 aliphatic rings. The third kappa shape index (κ3) is 5.45. The number of carbonyl (C=O) groups is 1. The van der Waals surface area contributed by atoms with Crippen LogP contribution in [0.4, 0.5) is 5.82 Å². The van der Waals surface area contributed by atoms with Gasteiger partial charge in [0.15, 0.2) is 0 Å². The number of carbonyl (C=O) groups excluding carboxylic acids is 1. The van der Waals surface area contributed by atoms with Gasteiger partial charge in [0.25, 0.3) is 5.91 Å². The van der Waals surface area contributed by atoms with E-state index in [0.29, 0.717) is 12.1 Å². The van der Waals surface area contributed by atoms with E-state index in [9.17, 15) is 4.79 Å². The number of amides is 1. The number of methoxy groups -OCH3 is 1. The fraction of sp³-hybridized carbons (Fsp3) is 0.346. The third-order valence-electron chi connectivity index (χ3n) is 6.02. The van der Waals surface area contributed by atoms with Crippen LogP contribution in [0.15, 0.2) is 48.5 Å². The van der Waals surface area contributed by atoms with Crippen molar-refractivity contribution in [1.29, 1.82) is 0 Å². The van der Waals surface area contributed by atoms with E-state index in [1.807, 2.05) is 67.3 Å².